The van der Waals surface area contributed by atoms with Crippen LogP contribution in [0.15, 0.2) is 48.5 Å². The minimum atomic E-state index is -0.631. The Bertz CT molecular complexity index is 584. The highest BCUT2D eigenvalue weighted by molar-refractivity contribution is 5.88. The Morgan fingerprint density at radius 1 is 1.16 bits per heavy atom. The van der Waals surface area contributed by atoms with Crippen molar-refractivity contribution in [3.63, 3.8) is 0 Å². The van der Waals surface area contributed by atoms with Gasteiger partial charge in [-0.3, -0.25) is 4.90 Å². The number of halogens is 1. The molecule has 2 aromatic carbocycles. The second-order valence-electron chi connectivity index (χ2n) is 4.20. The van der Waals surface area contributed by atoms with Crippen LogP contribution in [0.1, 0.15) is 5.56 Å². The average Bonchev–Trinajstić information content (AvgIpc) is 2.42. The molecule has 0 atom stereocenters. The largest absolute Gasteiger partial charge is 0.419 e. The summed E-state index contributed by atoms with van der Waals surface area (Å²) < 4.78 is 18.6. The monoisotopic (exact) mass is 259 g/mol. The maximum absolute atomic E-state index is 13.6. The number of para-hydroxylation sites is 1. The molecule has 0 unspecified atom stereocenters. The van der Waals surface area contributed by atoms with Crippen molar-refractivity contribution in [3.05, 3.63) is 59.9 Å². The minimum absolute atomic E-state index is 0.0709. The van der Waals surface area contributed by atoms with Crippen LogP contribution >= 0.6 is 0 Å². The molecule has 98 valence electrons. The highest BCUT2D eigenvalue weighted by Gasteiger charge is 2.15. The van der Waals surface area contributed by atoms with Crippen LogP contribution in [0.3, 0.4) is 0 Å². The third-order valence-corrected chi connectivity index (χ3v) is 2.70. The number of hydrogen-bond donors (Lipinski definition) is 0. The molecule has 0 saturated carbocycles. The molecule has 2 rings (SSSR count). The van der Waals surface area contributed by atoms with Crippen LogP contribution in [-0.4, -0.2) is 13.1 Å². The number of carbonyl (C=O) groups excluding carboxylic acids is 1. The molecule has 0 fully saturated rings. The summed E-state index contributed by atoms with van der Waals surface area (Å²) in [6.45, 7) is 1.77. The Morgan fingerprint density at radius 2 is 1.84 bits per heavy atom. The van der Waals surface area contributed by atoms with Crippen molar-refractivity contribution in [1.29, 1.82) is 0 Å². The SMILES string of the molecule is Cc1ccc(OC(=O)N(C)c2ccccc2)c(F)c1. The number of nitrogens with zero attached hydrogens (tertiary/aromatic N) is 1. The number of amides is 1. The lowest BCUT2D eigenvalue weighted by molar-refractivity contribution is 0.207. The van der Waals surface area contributed by atoms with Crippen molar-refractivity contribution in [2.75, 3.05) is 11.9 Å². The number of anilines is 1. The van der Waals surface area contributed by atoms with Gasteiger partial charge in [0, 0.05) is 12.7 Å². The third-order valence-electron chi connectivity index (χ3n) is 2.70. The first-order chi connectivity index (χ1) is 9.08. The summed E-state index contributed by atoms with van der Waals surface area (Å²) in [6, 6.07) is 13.5. The molecule has 0 aliphatic heterocycles. The smallest absolute Gasteiger partial charge is 0.407 e. The molecule has 0 spiro atoms. The van der Waals surface area contributed by atoms with E-state index >= 15 is 0 Å². The summed E-state index contributed by atoms with van der Waals surface area (Å²) in [5.74, 6) is -0.617. The van der Waals surface area contributed by atoms with E-state index in [1.54, 1.807) is 32.2 Å². The Morgan fingerprint density at radius 3 is 2.47 bits per heavy atom. The highest BCUT2D eigenvalue weighted by Crippen LogP contribution is 2.20. The van der Waals surface area contributed by atoms with Gasteiger partial charge in [-0.25, -0.2) is 9.18 Å². The van der Waals surface area contributed by atoms with Gasteiger partial charge < -0.3 is 4.74 Å². The van der Waals surface area contributed by atoms with E-state index in [2.05, 4.69) is 0 Å². The van der Waals surface area contributed by atoms with E-state index in [-0.39, 0.29) is 5.75 Å². The molecular formula is C15H14FNO2. The van der Waals surface area contributed by atoms with Gasteiger partial charge in [-0.1, -0.05) is 24.3 Å². The Labute approximate surface area is 111 Å². The predicted molar refractivity (Wildman–Crippen MR) is 72.0 cm³/mol. The van der Waals surface area contributed by atoms with Gasteiger partial charge in [0.05, 0.1) is 0 Å². The number of hydrogen-bond acceptors (Lipinski definition) is 2. The quantitative estimate of drug-likeness (QED) is 0.821. The molecule has 0 N–H and O–H groups in total. The van der Waals surface area contributed by atoms with Crippen LogP contribution in [-0.2, 0) is 0 Å². The van der Waals surface area contributed by atoms with Crippen LogP contribution in [0, 0.1) is 12.7 Å². The second kappa shape index (κ2) is 5.52. The molecule has 4 heteroatoms. The van der Waals surface area contributed by atoms with Gasteiger partial charge in [-0.15, -0.1) is 0 Å². The maximum Gasteiger partial charge on any atom is 0.419 e. The van der Waals surface area contributed by atoms with Crippen LogP contribution in [0.5, 0.6) is 5.75 Å². The molecule has 0 bridgehead atoms. The van der Waals surface area contributed by atoms with Crippen molar-refractivity contribution in [2.24, 2.45) is 0 Å². The number of rotatable bonds is 2. The van der Waals surface area contributed by atoms with E-state index in [4.69, 9.17) is 4.74 Å². The van der Waals surface area contributed by atoms with Crippen LogP contribution < -0.4 is 9.64 Å². The van der Waals surface area contributed by atoms with Crippen molar-refractivity contribution in [3.8, 4) is 5.75 Å². The lowest BCUT2D eigenvalue weighted by Gasteiger charge is -2.17. The Balaban J connectivity index is 2.13. The fraction of sp³-hybridized carbons (Fsp3) is 0.133. The summed E-state index contributed by atoms with van der Waals surface area (Å²) in [6.07, 6.45) is -0.631. The summed E-state index contributed by atoms with van der Waals surface area (Å²) >= 11 is 0. The van der Waals surface area contributed by atoms with Gasteiger partial charge in [-0.05, 0) is 36.8 Å². The first-order valence-corrected chi connectivity index (χ1v) is 5.84. The first kappa shape index (κ1) is 13.1. The van der Waals surface area contributed by atoms with E-state index in [1.807, 2.05) is 18.2 Å². The summed E-state index contributed by atoms with van der Waals surface area (Å²) in [4.78, 5) is 13.2. The zero-order valence-electron chi connectivity index (χ0n) is 10.8. The molecule has 0 aliphatic carbocycles. The van der Waals surface area contributed by atoms with Gasteiger partial charge in [0.15, 0.2) is 11.6 Å². The molecular weight excluding hydrogens is 245 g/mol. The minimum Gasteiger partial charge on any atom is -0.407 e. The lowest BCUT2D eigenvalue weighted by atomic mass is 10.2. The molecule has 0 aliphatic rings. The molecule has 1 amide bonds. The second-order valence-corrected chi connectivity index (χ2v) is 4.20. The van der Waals surface area contributed by atoms with Crippen LogP contribution in [0.4, 0.5) is 14.9 Å². The van der Waals surface area contributed by atoms with Crippen molar-refractivity contribution >= 4 is 11.8 Å². The predicted octanol–water partition coefficient (Wildman–Crippen LogP) is 3.77. The summed E-state index contributed by atoms with van der Waals surface area (Å²) in [5.41, 5.74) is 1.45. The molecule has 0 aromatic heterocycles. The fourth-order valence-corrected chi connectivity index (χ4v) is 1.61. The van der Waals surface area contributed by atoms with E-state index in [1.165, 1.54) is 17.0 Å². The topological polar surface area (TPSA) is 29.5 Å². The molecule has 0 saturated heterocycles. The normalized spacial score (nSPS) is 10.1. The summed E-state index contributed by atoms with van der Waals surface area (Å²) in [5, 5.41) is 0. The first-order valence-electron chi connectivity index (χ1n) is 5.84. The van der Waals surface area contributed by atoms with Gasteiger partial charge in [-0.2, -0.15) is 0 Å². The Hall–Kier alpha value is -2.36. The number of ether oxygens (including phenoxy) is 1. The van der Waals surface area contributed by atoms with Crippen molar-refractivity contribution in [2.45, 2.75) is 6.92 Å². The van der Waals surface area contributed by atoms with Gasteiger partial charge in [0.2, 0.25) is 0 Å². The van der Waals surface area contributed by atoms with Gasteiger partial charge in [0.1, 0.15) is 0 Å². The third kappa shape index (κ3) is 3.10. The lowest BCUT2D eigenvalue weighted by Crippen LogP contribution is -2.29. The van der Waals surface area contributed by atoms with E-state index in [9.17, 15) is 9.18 Å². The van der Waals surface area contributed by atoms with Crippen LogP contribution in [0.25, 0.3) is 0 Å². The van der Waals surface area contributed by atoms with E-state index in [0.29, 0.717) is 5.69 Å². The van der Waals surface area contributed by atoms with Gasteiger partial charge >= 0.3 is 6.09 Å². The van der Waals surface area contributed by atoms with Gasteiger partial charge in [0.25, 0.3) is 0 Å². The number of aryl methyl sites for hydroxylation is 1. The van der Waals surface area contributed by atoms with Crippen molar-refractivity contribution in [1.82, 2.24) is 0 Å². The molecule has 2 aromatic rings. The number of carbonyl (C=O) groups is 1. The zero-order chi connectivity index (χ0) is 13.8. The molecule has 0 heterocycles. The Kier molecular flexibility index (Phi) is 3.80. The fourth-order valence-electron chi connectivity index (χ4n) is 1.61. The van der Waals surface area contributed by atoms with Crippen molar-refractivity contribution < 1.29 is 13.9 Å². The van der Waals surface area contributed by atoms with E-state index < -0.39 is 11.9 Å². The number of benzene rings is 2. The molecule has 3 nitrogen and oxygen atoms in total. The average molecular weight is 259 g/mol. The zero-order valence-corrected chi connectivity index (χ0v) is 10.8. The van der Waals surface area contributed by atoms with Crippen LogP contribution in [0.2, 0.25) is 0 Å². The standard InChI is InChI=1S/C15H14FNO2/c1-11-8-9-14(13(16)10-11)19-15(18)17(2)12-6-4-3-5-7-12/h3-10H,1-2H3. The summed E-state index contributed by atoms with van der Waals surface area (Å²) in [7, 11) is 1.57. The molecule has 19 heavy (non-hydrogen) atoms. The maximum atomic E-state index is 13.6. The van der Waals surface area contributed by atoms with E-state index in [0.717, 1.165) is 5.56 Å². The molecule has 0 radical (unpaired) electrons. The highest BCUT2D eigenvalue weighted by atomic mass is 19.1.